The maximum atomic E-state index is 13.1. The van der Waals surface area contributed by atoms with Crippen LogP contribution < -0.4 is 24.3 Å². The zero-order valence-electron chi connectivity index (χ0n) is 35.0. The Morgan fingerprint density at radius 3 is 2.61 bits per heavy atom. The van der Waals surface area contributed by atoms with Gasteiger partial charge in [0.2, 0.25) is 11.8 Å². The molecule has 0 aliphatic carbocycles. The number of rotatable bonds is 19. The second kappa shape index (κ2) is 19.8. The first kappa shape index (κ1) is 42.8. The van der Waals surface area contributed by atoms with E-state index in [0.29, 0.717) is 66.4 Å². The van der Waals surface area contributed by atoms with Crippen molar-refractivity contribution >= 4 is 45.7 Å². The van der Waals surface area contributed by atoms with Crippen molar-refractivity contribution in [2.24, 2.45) is 0 Å². The number of nitriles is 1. The zero-order chi connectivity index (χ0) is 42.9. The monoisotopic (exact) mass is 857 g/mol. The Balaban J connectivity index is 0.978. The van der Waals surface area contributed by atoms with Gasteiger partial charge in [-0.05, 0) is 81.4 Å². The third kappa shape index (κ3) is 10.3. The van der Waals surface area contributed by atoms with Gasteiger partial charge in [-0.15, -0.1) is 11.3 Å². The van der Waals surface area contributed by atoms with E-state index in [4.69, 9.17) is 33.3 Å². The third-order valence-electron chi connectivity index (χ3n) is 9.69. The Kier molecular flexibility index (Phi) is 13.9. The zero-order valence-corrected chi connectivity index (χ0v) is 36.6. The summed E-state index contributed by atoms with van der Waals surface area (Å²) < 4.78 is 31.2. The lowest BCUT2D eigenvalue weighted by atomic mass is 10.1. The number of fused-ring (bicyclic) bond motifs is 1. The molecule has 0 aliphatic heterocycles. The van der Waals surface area contributed by atoms with E-state index >= 15 is 0 Å². The van der Waals surface area contributed by atoms with Crippen LogP contribution in [0.5, 0.6) is 23.0 Å². The number of aromatic nitrogens is 4. The molecule has 0 bridgehead atoms. The number of hydrogen-bond acceptors (Lipinski definition) is 13. The summed E-state index contributed by atoms with van der Waals surface area (Å²) in [5, 5.41) is 16.2. The molecule has 1 N–H and O–H groups in total. The maximum Gasteiger partial charge on any atom is 0.238 e. The lowest BCUT2D eigenvalue weighted by Crippen LogP contribution is -2.29. The topological polar surface area (TPSA) is 150 Å². The molecule has 15 heteroatoms. The number of benzene rings is 4. The number of amides is 1. The van der Waals surface area contributed by atoms with Crippen LogP contribution in [0.4, 0.5) is 5.69 Å². The molecule has 314 valence electrons. The van der Waals surface area contributed by atoms with Crippen molar-refractivity contribution in [3.8, 4) is 51.1 Å². The van der Waals surface area contributed by atoms with E-state index in [2.05, 4.69) is 40.0 Å². The van der Waals surface area contributed by atoms with Crippen molar-refractivity contribution in [1.82, 2.24) is 24.4 Å². The molecular formula is C46H47N7O6S2. The average molecular weight is 858 g/mol. The largest absolute Gasteiger partial charge is 0.493 e. The number of ether oxygens (including phenoxy) is 4. The molecule has 3 heterocycles. The van der Waals surface area contributed by atoms with Crippen molar-refractivity contribution < 1.29 is 28.2 Å². The molecule has 0 radical (unpaired) electrons. The molecule has 61 heavy (non-hydrogen) atoms. The minimum Gasteiger partial charge on any atom is -0.493 e. The van der Waals surface area contributed by atoms with Gasteiger partial charge in [0.05, 0.1) is 67.8 Å². The van der Waals surface area contributed by atoms with Gasteiger partial charge in [0.15, 0.2) is 28.2 Å². The summed E-state index contributed by atoms with van der Waals surface area (Å²) in [6, 6.07) is 25.6. The number of imidazole rings is 1. The molecule has 3 aromatic heterocycles. The first-order chi connectivity index (χ1) is 29.7. The molecule has 0 aliphatic rings. The number of oxazole rings is 1. The Bertz CT molecular complexity index is 2680. The van der Waals surface area contributed by atoms with Crippen LogP contribution in [-0.2, 0) is 30.2 Å². The Labute approximate surface area is 363 Å². The first-order valence-electron chi connectivity index (χ1n) is 19.7. The van der Waals surface area contributed by atoms with Gasteiger partial charge in [-0.1, -0.05) is 41.6 Å². The van der Waals surface area contributed by atoms with Gasteiger partial charge in [-0.25, -0.2) is 15.0 Å². The highest BCUT2D eigenvalue weighted by Crippen LogP contribution is 2.40. The number of nitrogens with one attached hydrogen (secondary N) is 1. The Morgan fingerprint density at radius 2 is 1.82 bits per heavy atom. The standard InChI is InChI=1S/C46H47N7O6S2/c1-7-57-41-22-32(48-42(54)24-52(4)23-33-26-59-44(49-33)35-15-12-29(2)20-30(35)3)14-17-39(41)58-25-31-13-16-37-38(21-31)53(19-9-18-47)46(51-37)61-28-34-27-60-45(50-34)36-10-8-11-40(55-5)43(36)56-6/h8,10-17,20-22,26-27H,7,9,19,23-25,28H2,1-6H3,(H,48,54). The minimum absolute atomic E-state index is 0.146. The number of methoxy groups -OCH3 is 2. The van der Waals surface area contributed by atoms with Crippen LogP contribution >= 0.6 is 23.1 Å². The van der Waals surface area contributed by atoms with Crippen LogP contribution in [-0.4, -0.2) is 64.7 Å². The van der Waals surface area contributed by atoms with Gasteiger partial charge in [0.25, 0.3) is 0 Å². The average Bonchev–Trinajstić information content (AvgIpc) is 4.00. The smallest absolute Gasteiger partial charge is 0.238 e. The van der Waals surface area contributed by atoms with Crippen molar-refractivity contribution in [3.63, 3.8) is 0 Å². The molecule has 0 unspecified atom stereocenters. The van der Waals surface area contributed by atoms with Gasteiger partial charge in [-0.3, -0.25) is 9.69 Å². The van der Waals surface area contributed by atoms with Crippen molar-refractivity contribution in [2.75, 3.05) is 39.7 Å². The fourth-order valence-electron chi connectivity index (χ4n) is 6.88. The molecule has 0 fully saturated rings. The number of carbonyl (C=O) groups excluding carboxylic acids is 1. The summed E-state index contributed by atoms with van der Waals surface area (Å²) in [7, 11) is 5.11. The summed E-state index contributed by atoms with van der Waals surface area (Å²) in [4.78, 5) is 29.4. The second-order valence-electron chi connectivity index (χ2n) is 14.3. The lowest BCUT2D eigenvalue weighted by molar-refractivity contribution is -0.117. The van der Waals surface area contributed by atoms with Gasteiger partial charge >= 0.3 is 0 Å². The minimum atomic E-state index is -0.180. The SMILES string of the molecule is CCOc1cc(NC(=O)CN(C)Cc2coc(-c3ccc(C)cc3C)n2)ccc1OCc1ccc2nc(SCc3csc(-c4cccc(OC)c4OC)n3)n(CCC#N)c2c1. The van der Waals surface area contributed by atoms with Gasteiger partial charge in [0.1, 0.15) is 17.9 Å². The summed E-state index contributed by atoms with van der Waals surface area (Å²) >= 11 is 3.13. The lowest BCUT2D eigenvalue weighted by Gasteiger charge is -2.16. The summed E-state index contributed by atoms with van der Waals surface area (Å²) in [6.45, 7) is 7.76. The number of thioether (sulfide) groups is 1. The quantitative estimate of drug-likeness (QED) is 0.0772. The molecule has 0 saturated heterocycles. The highest BCUT2D eigenvalue weighted by atomic mass is 32.2. The molecule has 1 amide bonds. The summed E-state index contributed by atoms with van der Waals surface area (Å²) in [5.41, 5.74) is 9.01. The number of aryl methyl sites for hydroxylation is 3. The first-order valence-corrected chi connectivity index (χ1v) is 21.6. The van der Waals surface area contributed by atoms with E-state index in [1.54, 1.807) is 61.8 Å². The molecule has 7 rings (SSSR count). The van der Waals surface area contributed by atoms with Crippen LogP contribution in [0.2, 0.25) is 0 Å². The van der Waals surface area contributed by atoms with E-state index in [1.807, 2.05) is 73.6 Å². The second-order valence-corrected chi connectivity index (χ2v) is 16.1. The predicted molar refractivity (Wildman–Crippen MR) is 238 cm³/mol. The van der Waals surface area contributed by atoms with Crippen LogP contribution in [0.1, 0.15) is 41.4 Å². The highest BCUT2D eigenvalue weighted by Gasteiger charge is 2.18. The fourth-order valence-corrected chi connectivity index (χ4v) is 8.76. The third-order valence-corrected chi connectivity index (χ3v) is 11.6. The number of thiazole rings is 1. The molecule has 13 nitrogen and oxygen atoms in total. The number of para-hydroxylation sites is 1. The number of hydrogen-bond donors (Lipinski definition) is 1. The van der Waals surface area contributed by atoms with E-state index in [-0.39, 0.29) is 19.1 Å². The molecule has 4 aromatic carbocycles. The maximum absolute atomic E-state index is 13.1. The fraction of sp³-hybridized carbons (Fsp3) is 0.283. The molecule has 0 spiro atoms. The van der Waals surface area contributed by atoms with Gasteiger partial charge in [-0.2, -0.15) is 5.26 Å². The number of carbonyl (C=O) groups is 1. The number of nitrogens with zero attached hydrogens (tertiary/aromatic N) is 6. The van der Waals surface area contributed by atoms with Crippen LogP contribution in [0.15, 0.2) is 94.0 Å². The number of likely N-dealkylation sites (N-methyl/N-ethyl adjacent to an activating group) is 1. The Hall–Kier alpha value is -6.34. The van der Waals surface area contributed by atoms with Gasteiger partial charge in [0, 0.05) is 41.5 Å². The molecule has 7 aromatic rings. The normalized spacial score (nSPS) is 11.2. The molecular weight excluding hydrogens is 811 g/mol. The van der Waals surface area contributed by atoms with E-state index in [1.165, 1.54) is 5.56 Å². The van der Waals surface area contributed by atoms with Crippen molar-refractivity contribution in [1.29, 1.82) is 5.26 Å². The van der Waals surface area contributed by atoms with Crippen molar-refractivity contribution in [3.05, 3.63) is 113 Å². The van der Waals surface area contributed by atoms with Crippen LogP contribution in [0, 0.1) is 25.2 Å². The van der Waals surface area contributed by atoms with E-state index in [0.717, 1.165) is 54.8 Å². The van der Waals surface area contributed by atoms with Crippen LogP contribution in [0.25, 0.3) is 33.1 Å². The Morgan fingerprint density at radius 1 is 0.951 bits per heavy atom. The highest BCUT2D eigenvalue weighted by molar-refractivity contribution is 7.98. The van der Waals surface area contributed by atoms with E-state index < -0.39 is 0 Å². The molecule has 0 atom stereocenters. The number of anilines is 1. The van der Waals surface area contributed by atoms with Crippen LogP contribution in [0.3, 0.4) is 0 Å². The van der Waals surface area contributed by atoms with E-state index in [9.17, 15) is 10.1 Å². The van der Waals surface area contributed by atoms with Crippen molar-refractivity contribution in [2.45, 2.75) is 57.8 Å². The summed E-state index contributed by atoms with van der Waals surface area (Å²) in [5.74, 6) is 3.35. The summed E-state index contributed by atoms with van der Waals surface area (Å²) in [6.07, 6.45) is 1.97. The van der Waals surface area contributed by atoms with Gasteiger partial charge < -0.3 is 33.2 Å². The predicted octanol–water partition coefficient (Wildman–Crippen LogP) is 9.70. The molecule has 0 saturated carbocycles.